The summed E-state index contributed by atoms with van der Waals surface area (Å²) < 4.78 is 7.80. The summed E-state index contributed by atoms with van der Waals surface area (Å²) in [5.41, 5.74) is 1.54. The second-order valence-corrected chi connectivity index (χ2v) is 6.08. The fourth-order valence-electron chi connectivity index (χ4n) is 3.03. The van der Waals surface area contributed by atoms with E-state index in [9.17, 15) is 10.2 Å². The Balaban J connectivity index is 1.69. The van der Waals surface area contributed by atoms with Crippen molar-refractivity contribution in [3.05, 3.63) is 72.6 Å². The molecule has 2 aromatic heterocycles. The van der Waals surface area contributed by atoms with Gasteiger partial charge in [0.2, 0.25) is 0 Å². The molecule has 0 bridgehead atoms. The lowest BCUT2D eigenvalue weighted by molar-refractivity contribution is 0.122. The SMILES string of the molecule is C[C@@H]([C@H](O)c1ccc(O)cc1)n1ccnc1-c1cc2ccccc2o1. The summed E-state index contributed by atoms with van der Waals surface area (Å²) in [7, 11) is 0. The molecule has 0 aliphatic carbocycles. The van der Waals surface area contributed by atoms with Gasteiger partial charge in [0, 0.05) is 17.8 Å². The van der Waals surface area contributed by atoms with Gasteiger partial charge in [0.1, 0.15) is 11.3 Å². The Labute approximate surface area is 144 Å². The molecule has 0 spiro atoms. The minimum absolute atomic E-state index is 0.175. The van der Waals surface area contributed by atoms with Crippen LogP contribution in [0.4, 0.5) is 0 Å². The van der Waals surface area contributed by atoms with Crippen LogP contribution in [0.2, 0.25) is 0 Å². The highest BCUT2D eigenvalue weighted by atomic mass is 16.3. The first-order valence-electron chi connectivity index (χ1n) is 8.12. The van der Waals surface area contributed by atoms with Gasteiger partial charge in [0.15, 0.2) is 11.6 Å². The minimum atomic E-state index is -0.738. The van der Waals surface area contributed by atoms with Gasteiger partial charge >= 0.3 is 0 Å². The number of aromatic nitrogens is 2. The van der Waals surface area contributed by atoms with E-state index >= 15 is 0 Å². The topological polar surface area (TPSA) is 71.4 Å². The number of para-hydroxylation sites is 1. The number of imidazole rings is 1. The Kier molecular flexibility index (Phi) is 3.78. The predicted molar refractivity (Wildman–Crippen MR) is 95.2 cm³/mol. The Morgan fingerprint density at radius 1 is 1.08 bits per heavy atom. The van der Waals surface area contributed by atoms with Crippen LogP contribution in [0.1, 0.15) is 24.6 Å². The predicted octanol–water partition coefficient (Wildman–Crippen LogP) is 4.30. The zero-order valence-electron chi connectivity index (χ0n) is 13.7. The Bertz CT molecular complexity index is 968. The van der Waals surface area contributed by atoms with Gasteiger partial charge in [0.25, 0.3) is 0 Å². The number of furan rings is 1. The third kappa shape index (κ3) is 2.79. The summed E-state index contributed by atoms with van der Waals surface area (Å²) in [6.07, 6.45) is 2.79. The van der Waals surface area contributed by atoms with Gasteiger partial charge in [-0.2, -0.15) is 0 Å². The van der Waals surface area contributed by atoms with Crippen molar-refractivity contribution >= 4 is 11.0 Å². The maximum Gasteiger partial charge on any atom is 0.176 e. The highest BCUT2D eigenvalue weighted by Gasteiger charge is 2.22. The van der Waals surface area contributed by atoms with E-state index in [4.69, 9.17) is 4.42 Å². The van der Waals surface area contributed by atoms with Crippen molar-refractivity contribution < 1.29 is 14.6 Å². The molecule has 0 unspecified atom stereocenters. The van der Waals surface area contributed by atoms with Crippen LogP contribution in [0.3, 0.4) is 0 Å². The molecule has 126 valence electrons. The van der Waals surface area contributed by atoms with Crippen LogP contribution in [0.25, 0.3) is 22.6 Å². The molecule has 5 nitrogen and oxygen atoms in total. The van der Waals surface area contributed by atoms with Crippen molar-refractivity contribution in [2.45, 2.75) is 19.1 Å². The fraction of sp³-hybridized carbons (Fsp3) is 0.150. The van der Waals surface area contributed by atoms with E-state index in [0.717, 1.165) is 16.5 Å². The second kappa shape index (κ2) is 6.11. The molecule has 25 heavy (non-hydrogen) atoms. The molecule has 4 rings (SSSR count). The van der Waals surface area contributed by atoms with E-state index in [1.807, 2.05) is 48.0 Å². The van der Waals surface area contributed by atoms with Gasteiger partial charge in [-0.1, -0.05) is 30.3 Å². The maximum absolute atomic E-state index is 10.7. The Morgan fingerprint density at radius 2 is 1.84 bits per heavy atom. The van der Waals surface area contributed by atoms with E-state index in [1.165, 1.54) is 0 Å². The zero-order valence-corrected chi connectivity index (χ0v) is 13.7. The molecule has 0 aliphatic heterocycles. The standard InChI is InChI=1S/C20H18N2O3/c1-13(19(24)14-6-8-16(23)9-7-14)22-11-10-21-20(22)18-12-15-4-2-3-5-17(15)25-18/h2-13,19,23-24H,1H3/t13-,19-/m0/s1. The number of phenols is 1. The number of nitrogens with zero attached hydrogens (tertiary/aromatic N) is 2. The van der Waals surface area contributed by atoms with E-state index < -0.39 is 6.10 Å². The molecular formula is C20H18N2O3. The van der Waals surface area contributed by atoms with Crippen LogP contribution in [-0.2, 0) is 0 Å². The number of aromatic hydroxyl groups is 1. The molecule has 2 aromatic carbocycles. The van der Waals surface area contributed by atoms with Crippen LogP contribution in [0.5, 0.6) is 5.75 Å². The quantitative estimate of drug-likeness (QED) is 0.584. The third-order valence-electron chi connectivity index (χ3n) is 4.44. The van der Waals surface area contributed by atoms with E-state index in [2.05, 4.69) is 4.98 Å². The molecule has 0 fully saturated rings. The molecule has 5 heteroatoms. The van der Waals surface area contributed by atoms with E-state index in [0.29, 0.717) is 11.6 Å². The minimum Gasteiger partial charge on any atom is -0.508 e. The van der Waals surface area contributed by atoms with Crippen molar-refractivity contribution in [2.24, 2.45) is 0 Å². The van der Waals surface area contributed by atoms with Crippen LogP contribution in [0.15, 0.2) is 71.4 Å². The van der Waals surface area contributed by atoms with Gasteiger partial charge in [-0.15, -0.1) is 0 Å². The average Bonchev–Trinajstić information content (AvgIpc) is 3.27. The smallest absolute Gasteiger partial charge is 0.176 e. The Hall–Kier alpha value is -3.05. The lowest BCUT2D eigenvalue weighted by atomic mass is 10.0. The molecule has 4 aromatic rings. The van der Waals surface area contributed by atoms with Crippen molar-refractivity contribution in [3.8, 4) is 17.3 Å². The highest BCUT2D eigenvalue weighted by molar-refractivity contribution is 5.81. The molecule has 0 amide bonds. The summed E-state index contributed by atoms with van der Waals surface area (Å²) in [4.78, 5) is 4.41. The molecule has 0 aliphatic rings. The normalized spacial score (nSPS) is 13.8. The van der Waals surface area contributed by atoms with Gasteiger partial charge in [-0.25, -0.2) is 4.98 Å². The summed E-state index contributed by atoms with van der Waals surface area (Å²) in [6, 6.07) is 16.1. The number of hydrogen-bond donors (Lipinski definition) is 2. The average molecular weight is 334 g/mol. The number of hydrogen-bond acceptors (Lipinski definition) is 4. The van der Waals surface area contributed by atoms with Crippen LogP contribution < -0.4 is 0 Å². The summed E-state index contributed by atoms with van der Waals surface area (Å²) >= 11 is 0. The first-order valence-corrected chi connectivity index (χ1v) is 8.12. The van der Waals surface area contributed by atoms with Crippen molar-refractivity contribution in [1.82, 2.24) is 9.55 Å². The Morgan fingerprint density at radius 3 is 2.60 bits per heavy atom. The van der Waals surface area contributed by atoms with Crippen LogP contribution >= 0.6 is 0 Å². The van der Waals surface area contributed by atoms with Gasteiger partial charge in [-0.3, -0.25) is 0 Å². The molecular weight excluding hydrogens is 316 g/mol. The number of fused-ring (bicyclic) bond motifs is 1. The monoisotopic (exact) mass is 334 g/mol. The number of phenolic OH excluding ortho intramolecular Hbond substituents is 1. The summed E-state index contributed by atoms with van der Waals surface area (Å²) in [5, 5.41) is 21.1. The van der Waals surface area contributed by atoms with Gasteiger partial charge < -0.3 is 19.2 Å². The zero-order chi connectivity index (χ0) is 17.4. The second-order valence-electron chi connectivity index (χ2n) is 6.08. The molecule has 2 atom stereocenters. The van der Waals surface area contributed by atoms with Crippen molar-refractivity contribution in [1.29, 1.82) is 0 Å². The lowest BCUT2D eigenvalue weighted by Gasteiger charge is -2.22. The molecule has 2 heterocycles. The number of benzene rings is 2. The molecule has 0 radical (unpaired) electrons. The van der Waals surface area contributed by atoms with E-state index in [-0.39, 0.29) is 11.8 Å². The molecule has 2 N–H and O–H groups in total. The first-order chi connectivity index (χ1) is 12.1. The van der Waals surface area contributed by atoms with Crippen molar-refractivity contribution in [2.75, 3.05) is 0 Å². The summed E-state index contributed by atoms with van der Waals surface area (Å²) in [5.74, 6) is 1.51. The molecule has 0 saturated heterocycles. The highest BCUT2D eigenvalue weighted by Crippen LogP contribution is 2.33. The number of aliphatic hydroxyl groups is 1. The van der Waals surface area contributed by atoms with E-state index in [1.54, 1.807) is 30.5 Å². The van der Waals surface area contributed by atoms with Crippen LogP contribution in [0, 0.1) is 0 Å². The molecule has 0 saturated carbocycles. The number of rotatable bonds is 4. The summed E-state index contributed by atoms with van der Waals surface area (Å²) in [6.45, 7) is 1.92. The van der Waals surface area contributed by atoms with Gasteiger partial charge in [0.05, 0.1) is 12.1 Å². The van der Waals surface area contributed by atoms with Gasteiger partial charge in [-0.05, 0) is 36.8 Å². The lowest BCUT2D eigenvalue weighted by Crippen LogP contribution is -2.15. The maximum atomic E-state index is 10.7. The fourth-order valence-corrected chi connectivity index (χ4v) is 3.03. The number of aliphatic hydroxyl groups excluding tert-OH is 1. The van der Waals surface area contributed by atoms with Crippen molar-refractivity contribution in [3.63, 3.8) is 0 Å². The third-order valence-corrected chi connectivity index (χ3v) is 4.44. The van der Waals surface area contributed by atoms with Crippen LogP contribution in [-0.4, -0.2) is 19.8 Å². The largest absolute Gasteiger partial charge is 0.508 e. The first kappa shape index (κ1) is 15.5.